The van der Waals surface area contributed by atoms with Gasteiger partial charge in [-0.2, -0.15) is 0 Å². The molecular formula is C9H12N2O8P+. The lowest BCUT2D eigenvalue weighted by molar-refractivity contribution is -0.0517. The molecule has 110 valence electrons. The topological polar surface area (TPSA) is 151 Å². The number of ether oxygens (including phenoxy) is 1. The summed E-state index contributed by atoms with van der Waals surface area (Å²) in [6, 6.07) is 1.05. The van der Waals surface area contributed by atoms with Crippen molar-refractivity contribution in [3.05, 3.63) is 33.1 Å². The summed E-state index contributed by atoms with van der Waals surface area (Å²) < 4.78 is 20.9. The average molecular weight is 307 g/mol. The molecule has 1 aromatic heterocycles. The normalized spacial score (nSPS) is 30.4. The molecule has 0 bridgehead atoms. The van der Waals surface area contributed by atoms with Crippen LogP contribution in [-0.2, 0) is 13.8 Å². The van der Waals surface area contributed by atoms with Crippen molar-refractivity contribution in [3.8, 4) is 0 Å². The van der Waals surface area contributed by atoms with Gasteiger partial charge in [0.2, 0.25) is 0 Å². The van der Waals surface area contributed by atoms with Gasteiger partial charge in [0.05, 0.1) is 0 Å². The van der Waals surface area contributed by atoms with Gasteiger partial charge in [-0.1, -0.05) is 0 Å². The number of hydrogen-bond acceptors (Lipinski definition) is 7. The molecule has 4 N–H and O–H groups in total. The Hall–Kier alpha value is -1.42. The molecule has 2 heterocycles. The molecule has 1 aromatic rings. The molecule has 1 aliphatic heterocycles. The first-order valence-electron chi connectivity index (χ1n) is 5.52. The van der Waals surface area contributed by atoms with Gasteiger partial charge in [0.1, 0.15) is 24.9 Å². The summed E-state index contributed by atoms with van der Waals surface area (Å²) in [4.78, 5) is 33.0. The summed E-state index contributed by atoms with van der Waals surface area (Å²) in [5, 5.41) is 19.6. The molecule has 20 heavy (non-hydrogen) atoms. The molecule has 0 aromatic carbocycles. The van der Waals surface area contributed by atoms with Crippen LogP contribution in [0.3, 0.4) is 0 Å². The molecule has 1 aliphatic rings. The van der Waals surface area contributed by atoms with Crippen LogP contribution in [0.2, 0.25) is 0 Å². The van der Waals surface area contributed by atoms with Gasteiger partial charge < -0.3 is 14.9 Å². The number of nitrogens with one attached hydrogen (secondary N) is 1. The van der Waals surface area contributed by atoms with Crippen LogP contribution < -0.4 is 11.2 Å². The van der Waals surface area contributed by atoms with Crippen molar-refractivity contribution in [1.29, 1.82) is 0 Å². The van der Waals surface area contributed by atoms with Crippen LogP contribution in [0.1, 0.15) is 6.23 Å². The smallest absolute Gasteiger partial charge is 0.387 e. The predicted octanol–water partition coefficient (Wildman–Crippen LogP) is -2.18. The highest BCUT2D eigenvalue weighted by Crippen LogP contribution is 2.29. The van der Waals surface area contributed by atoms with E-state index >= 15 is 0 Å². The van der Waals surface area contributed by atoms with Crippen molar-refractivity contribution in [3.63, 3.8) is 0 Å². The number of nitrogens with zero attached hydrogens (tertiary/aromatic N) is 1. The van der Waals surface area contributed by atoms with Crippen molar-refractivity contribution in [1.82, 2.24) is 9.55 Å². The maximum atomic E-state index is 11.6. The lowest BCUT2D eigenvalue weighted by atomic mass is 10.1. The van der Waals surface area contributed by atoms with E-state index < -0.39 is 50.7 Å². The molecule has 0 aliphatic carbocycles. The third kappa shape index (κ3) is 3.01. The predicted molar refractivity (Wildman–Crippen MR) is 63.0 cm³/mol. The van der Waals surface area contributed by atoms with Gasteiger partial charge in [0.25, 0.3) is 5.56 Å². The van der Waals surface area contributed by atoms with Crippen LogP contribution in [0.15, 0.2) is 21.9 Å². The maximum absolute atomic E-state index is 11.6. The zero-order valence-corrected chi connectivity index (χ0v) is 10.8. The van der Waals surface area contributed by atoms with Crippen molar-refractivity contribution in [2.24, 2.45) is 0 Å². The minimum absolute atomic E-state index is 0.432. The second kappa shape index (κ2) is 5.92. The van der Waals surface area contributed by atoms with E-state index in [1.165, 1.54) is 0 Å². The van der Waals surface area contributed by atoms with E-state index in [1.807, 2.05) is 4.98 Å². The standard InChI is InChI=1S/C9H11N2O8P/c12-5-1-2-11(9(15)10-5)8-7(14)6(13)4(19-8)3-18-20(16)17/h1-2,4,6-8,13-14H,3H2,(H-,10,12,15,16,17)/p+1. The Balaban J connectivity index is 2.19. The number of aliphatic hydroxyl groups is 2. The largest absolute Gasteiger partial charge is 0.694 e. The maximum Gasteiger partial charge on any atom is 0.694 e. The fourth-order valence-corrected chi connectivity index (χ4v) is 2.14. The summed E-state index contributed by atoms with van der Waals surface area (Å²) in [5.41, 5.74) is -1.43. The quantitative estimate of drug-likeness (QED) is 0.458. The summed E-state index contributed by atoms with van der Waals surface area (Å²) in [5.74, 6) is 0. The van der Waals surface area contributed by atoms with E-state index in [2.05, 4.69) is 4.52 Å². The van der Waals surface area contributed by atoms with Gasteiger partial charge >= 0.3 is 13.9 Å². The first-order chi connectivity index (χ1) is 9.40. The number of aromatic amines is 1. The Kier molecular flexibility index (Phi) is 4.43. The van der Waals surface area contributed by atoms with E-state index in [0.717, 1.165) is 16.8 Å². The number of hydrogen-bond donors (Lipinski definition) is 4. The summed E-state index contributed by atoms with van der Waals surface area (Å²) in [6.07, 6.45) is -4.07. The molecule has 5 unspecified atom stereocenters. The van der Waals surface area contributed by atoms with Crippen LogP contribution >= 0.6 is 8.25 Å². The van der Waals surface area contributed by atoms with Gasteiger partial charge in [-0.05, 0) is 0 Å². The summed E-state index contributed by atoms with van der Waals surface area (Å²) >= 11 is 0. The lowest BCUT2D eigenvalue weighted by Gasteiger charge is -2.16. The van der Waals surface area contributed by atoms with Gasteiger partial charge in [0.15, 0.2) is 6.23 Å². The highest BCUT2D eigenvalue weighted by molar-refractivity contribution is 7.32. The van der Waals surface area contributed by atoms with Gasteiger partial charge in [-0.25, -0.2) is 4.79 Å². The fraction of sp³-hybridized carbons (Fsp3) is 0.556. The Morgan fingerprint density at radius 2 is 2.10 bits per heavy atom. The minimum atomic E-state index is -2.87. The molecule has 1 fully saturated rings. The monoisotopic (exact) mass is 307 g/mol. The summed E-state index contributed by atoms with van der Waals surface area (Å²) in [6.45, 7) is -0.432. The number of aliphatic hydroxyl groups excluding tert-OH is 2. The molecule has 0 saturated carbocycles. The van der Waals surface area contributed by atoms with Crippen LogP contribution in [-0.4, -0.2) is 49.6 Å². The Morgan fingerprint density at radius 3 is 2.70 bits per heavy atom. The molecule has 2 rings (SSSR count). The van der Waals surface area contributed by atoms with E-state index in [-0.39, 0.29) is 0 Å². The molecule has 0 radical (unpaired) electrons. The first-order valence-corrected chi connectivity index (χ1v) is 6.65. The molecule has 5 atom stereocenters. The molecule has 0 amide bonds. The molecule has 1 saturated heterocycles. The van der Waals surface area contributed by atoms with Gasteiger partial charge in [0, 0.05) is 16.8 Å². The third-order valence-electron chi connectivity index (χ3n) is 2.81. The second-order valence-electron chi connectivity index (χ2n) is 4.10. The first kappa shape index (κ1) is 15.0. The summed E-state index contributed by atoms with van der Waals surface area (Å²) in [7, 11) is -2.87. The van der Waals surface area contributed by atoms with Crippen LogP contribution in [0.25, 0.3) is 0 Å². The van der Waals surface area contributed by atoms with Crippen LogP contribution in [0, 0.1) is 0 Å². The third-order valence-corrected chi connectivity index (χ3v) is 3.18. The SMILES string of the molecule is O=c1ccn(C2OC(CO[P+](=O)O)C(O)C2O)c(=O)[nH]1. The van der Waals surface area contributed by atoms with Gasteiger partial charge in [-0.3, -0.25) is 14.3 Å². The lowest BCUT2D eigenvalue weighted by Crippen LogP contribution is -2.37. The molecular weight excluding hydrogens is 295 g/mol. The Bertz CT molecular complexity index is 612. The van der Waals surface area contributed by atoms with Crippen molar-refractivity contribution >= 4 is 8.25 Å². The number of rotatable bonds is 4. The van der Waals surface area contributed by atoms with Crippen molar-refractivity contribution < 1.29 is 28.9 Å². The fourth-order valence-electron chi connectivity index (χ4n) is 1.86. The number of H-pyrrole nitrogens is 1. The number of aromatic nitrogens is 2. The average Bonchev–Trinajstić information content (AvgIpc) is 2.64. The molecule has 0 spiro atoms. The second-order valence-corrected chi connectivity index (χ2v) is 4.83. The highest BCUT2D eigenvalue weighted by atomic mass is 31.1. The Morgan fingerprint density at radius 1 is 1.40 bits per heavy atom. The van der Waals surface area contributed by atoms with Crippen LogP contribution in [0.4, 0.5) is 0 Å². The van der Waals surface area contributed by atoms with Crippen molar-refractivity contribution in [2.75, 3.05) is 6.61 Å². The zero-order valence-electron chi connectivity index (χ0n) is 9.95. The zero-order chi connectivity index (χ0) is 14.9. The van der Waals surface area contributed by atoms with Crippen LogP contribution in [0.5, 0.6) is 0 Å². The molecule has 11 heteroatoms. The van der Waals surface area contributed by atoms with E-state index in [1.54, 1.807) is 0 Å². The van der Waals surface area contributed by atoms with E-state index in [9.17, 15) is 24.4 Å². The van der Waals surface area contributed by atoms with E-state index in [0.29, 0.717) is 0 Å². The minimum Gasteiger partial charge on any atom is -0.387 e. The van der Waals surface area contributed by atoms with Gasteiger partial charge in [-0.15, -0.1) is 9.42 Å². The van der Waals surface area contributed by atoms with E-state index in [4.69, 9.17) is 9.63 Å². The highest BCUT2D eigenvalue weighted by Gasteiger charge is 2.45. The Labute approximate surface area is 112 Å². The molecule has 10 nitrogen and oxygen atoms in total. The van der Waals surface area contributed by atoms with Crippen molar-refractivity contribution in [2.45, 2.75) is 24.5 Å².